The number of thioether (sulfide) groups is 1. The Morgan fingerprint density at radius 1 is 1.00 bits per heavy atom. The maximum absolute atomic E-state index is 4.52. The zero-order valence-corrected chi connectivity index (χ0v) is 12.0. The van der Waals surface area contributed by atoms with Gasteiger partial charge >= 0.3 is 0 Å². The summed E-state index contributed by atoms with van der Waals surface area (Å²) >= 11 is 1.64. The summed E-state index contributed by atoms with van der Waals surface area (Å²) in [7, 11) is 0. The van der Waals surface area contributed by atoms with Crippen LogP contribution in [0.4, 0.5) is 0 Å². The number of benzene rings is 2. The highest BCUT2D eigenvalue weighted by Crippen LogP contribution is 2.22. The average Bonchev–Trinajstić information content (AvgIpc) is 2.96. The summed E-state index contributed by atoms with van der Waals surface area (Å²) in [5.41, 5.74) is 3.58. The van der Waals surface area contributed by atoms with E-state index in [1.54, 1.807) is 11.8 Å². The summed E-state index contributed by atoms with van der Waals surface area (Å²) < 4.78 is 0. The van der Waals surface area contributed by atoms with E-state index in [1.807, 2.05) is 18.2 Å². The van der Waals surface area contributed by atoms with Crippen molar-refractivity contribution in [2.24, 2.45) is 0 Å². The Labute approximate surface area is 122 Å². The molecule has 100 valence electrons. The zero-order chi connectivity index (χ0) is 13.8. The second kappa shape index (κ2) is 5.92. The van der Waals surface area contributed by atoms with E-state index < -0.39 is 0 Å². The highest BCUT2D eigenvalue weighted by atomic mass is 32.2. The Hall–Kier alpha value is -2.07. The molecule has 0 saturated carbocycles. The van der Waals surface area contributed by atoms with E-state index >= 15 is 0 Å². The minimum atomic E-state index is 0.782. The van der Waals surface area contributed by atoms with Crippen LogP contribution in [0.2, 0.25) is 0 Å². The van der Waals surface area contributed by atoms with Crippen LogP contribution in [0.25, 0.3) is 11.4 Å². The third-order valence-electron chi connectivity index (χ3n) is 3.00. The Morgan fingerprint density at radius 2 is 1.75 bits per heavy atom. The lowest BCUT2D eigenvalue weighted by molar-refractivity contribution is 0.973. The minimum absolute atomic E-state index is 0.782. The standard InChI is InChI=1S/C16H15N3S/c1-12-7-9-14(10-8-12)15-17-16(19-18-15)20-11-13-5-3-2-4-6-13/h2-10H,11H2,1H3,(H,17,18,19). The van der Waals surface area contributed by atoms with E-state index in [-0.39, 0.29) is 0 Å². The molecule has 2 aromatic carbocycles. The second-order valence-electron chi connectivity index (χ2n) is 4.61. The fraction of sp³-hybridized carbons (Fsp3) is 0.125. The van der Waals surface area contributed by atoms with Gasteiger partial charge in [0.05, 0.1) is 0 Å². The summed E-state index contributed by atoms with van der Waals surface area (Å²) in [5.74, 6) is 1.70. The van der Waals surface area contributed by atoms with Crippen molar-refractivity contribution < 1.29 is 0 Å². The van der Waals surface area contributed by atoms with Crippen LogP contribution in [0.5, 0.6) is 0 Å². The van der Waals surface area contributed by atoms with Crippen LogP contribution >= 0.6 is 11.8 Å². The molecule has 4 heteroatoms. The lowest BCUT2D eigenvalue weighted by Gasteiger charge is -1.97. The summed E-state index contributed by atoms with van der Waals surface area (Å²) in [6.07, 6.45) is 0. The summed E-state index contributed by atoms with van der Waals surface area (Å²) in [5, 5.41) is 8.03. The van der Waals surface area contributed by atoms with Crippen LogP contribution in [-0.4, -0.2) is 15.2 Å². The SMILES string of the molecule is Cc1ccc(-c2nc(SCc3ccccc3)n[nH]2)cc1. The van der Waals surface area contributed by atoms with Gasteiger partial charge < -0.3 is 0 Å². The van der Waals surface area contributed by atoms with Crippen LogP contribution in [0.15, 0.2) is 59.8 Å². The fourth-order valence-corrected chi connectivity index (χ4v) is 2.63. The van der Waals surface area contributed by atoms with Gasteiger partial charge in [0.25, 0.3) is 0 Å². The molecule has 1 aromatic heterocycles. The maximum Gasteiger partial charge on any atom is 0.209 e. The lowest BCUT2D eigenvalue weighted by Crippen LogP contribution is -1.82. The molecule has 3 rings (SSSR count). The molecule has 3 aromatic rings. The summed E-state index contributed by atoms with van der Waals surface area (Å²) in [6.45, 7) is 2.07. The first-order valence-electron chi connectivity index (χ1n) is 6.47. The van der Waals surface area contributed by atoms with E-state index in [0.717, 1.165) is 22.3 Å². The first kappa shape index (κ1) is 12.9. The van der Waals surface area contributed by atoms with Gasteiger partial charge in [-0.05, 0) is 12.5 Å². The number of H-pyrrole nitrogens is 1. The van der Waals surface area contributed by atoms with Crippen molar-refractivity contribution in [3.8, 4) is 11.4 Å². The van der Waals surface area contributed by atoms with Crippen molar-refractivity contribution in [3.63, 3.8) is 0 Å². The topological polar surface area (TPSA) is 41.6 Å². The van der Waals surface area contributed by atoms with Crippen LogP contribution in [0.1, 0.15) is 11.1 Å². The van der Waals surface area contributed by atoms with Gasteiger partial charge in [-0.15, -0.1) is 5.10 Å². The molecular formula is C16H15N3S. The number of nitrogens with one attached hydrogen (secondary N) is 1. The average molecular weight is 281 g/mol. The lowest BCUT2D eigenvalue weighted by atomic mass is 10.1. The zero-order valence-electron chi connectivity index (χ0n) is 11.2. The first-order chi connectivity index (χ1) is 9.81. The summed E-state index contributed by atoms with van der Waals surface area (Å²) in [4.78, 5) is 4.52. The highest BCUT2D eigenvalue weighted by Gasteiger charge is 2.06. The van der Waals surface area contributed by atoms with Gasteiger partial charge in [0.2, 0.25) is 5.16 Å². The van der Waals surface area contributed by atoms with E-state index in [1.165, 1.54) is 11.1 Å². The van der Waals surface area contributed by atoms with Crippen LogP contribution in [0.3, 0.4) is 0 Å². The predicted octanol–water partition coefficient (Wildman–Crippen LogP) is 4.07. The molecule has 0 amide bonds. The molecule has 0 atom stereocenters. The molecule has 0 aliphatic rings. The van der Waals surface area contributed by atoms with Crippen molar-refractivity contribution in [2.75, 3.05) is 0 Å². The number of hydrogen-bond acceptors (Lipinski definition) is 3. The third-order valence-corrected chi connectivity index (χ3v) is 3.92. The molecule has 0 saturated heterocycles. The van der Waals surface area contributed by atoms with Gasteiger partial charge in [0.15, 0.2) is 5.82 Å². The van der Waals surface area contributed by atoms with Crippen LogP contribution in [0, 0.1) is 6.92 Å². The van der Waals surface area contributed by atoms with Gasteiger partial charge in [0, 0.05) is 11.3 Å². The molecular weight excluding hydrogens is 266 g/mol. The maximum atomic E-state index is 4.52. The van der Waals surface area contributed by atoms with E-state index in [2.05, 4.69) is 58.5 Å². The Morgan fingerprint density at radius 3 is 2.50 bits per heavy atom. The first-order valence-corrected chi connectivity index (χ1v) is 7.46. The van der Waals surface area contributed by atoms with Crippen LogP contribution in [-0.2, 0) is 5.75 Å². The number of aromatic amines is 1. The molecule has 0 aliphatic carbocycles. The molecule has 1 N–H and O–H groups in total. The third kappa shape index (κ3) is 3.08. The smallest absolute Gasteiger partial charge is 0.209 e. The quantitative estimate of drug-likeness (QED) is 0.733. The highest BCUT2D eigenvalue weighted by molar-refractivity contribution is 7.98. The monoisotopic (exact) mass is 281 g/mol. The summed E-state index contributed by atoms with van der Waals surface area (Å²) in [6, 6.07) is 18.6. The van der Waals surface area contributed by atoms with Gasteiger partial charge in [-0.3, -0.25) is 5.10 Å². The Kier molecular flexibility index (Phi) is 3.83. The normalized spacial score (nSPS) is 10.7. The van der Waals surface area contributed by atoms with E-state index in [0.29, 0.717) is 0 Å². The largest absolute Gasteiger partial charge is 0.258 e. The molecule has 1 heterocycles. The van der Waals surface area contributed by atoms with Crippen molar-refractivity contribution in [1.29, 1.82) is 0 Å². The molecule has 0 unspecified atom stereocenters. The molecule has 20 heavy (non-hydrogen) atoms. The van der Waals surface area contributed by atoms with E-state index in [9.17, 15) is 0 Å². The Bertz CT molecular complexity index is 674. The van der Waals surface area contributed by atoms with Gasteiger partial charge in [-0.2, -0.15) is 0 Å². The van der Waals surface area contributed by atoms with Crippen molar-refractivity contribution in [1.82, 2.24) is 15.2 Å². The Balaban J connectivity index is 1.69. The van der Waals surface area contributed by atoms with Crippen molar-refractivity contribution in [2.45, 2.75) is 17.8 Å². The second-order valence-corrected chi connectivity index (χ2v) is 5.55. The van der Waals surface area contributed by atoms with Gasteiger partial charge in [-0.1, -0.05) is 71.9 Å². The molecule has 0 radical (unpaired) electrons. The van der Waals surface area contributed by atoms with Crippen molar-refractivity contribution >= 4 is 11.8 Å². The number of rotatable bonds is 4. The van der Waals surface area contributed by atoms with Gasteiger partial charge in [0.1, 0.15) is 0 Å². The fourth-order valence-electron chi connectivity index (χ4n) is 1.87. The number of aryl methyl sites for hydroxylation is 1. The number of hydrogen-bond donors (Lipinski definition) is 1. The molecule has 0 bridgehead atoms. The van der Waals surface area contributed by atoms with Crippen LogP contribution < -0.4 is 0 Å². The number of nitrogens with zero attached hydrogens (tertiary/aromatic N) is 2. The minimum Gasteiger partial charge on any atom is -0.258 e. The molecule has 3 nitrogen and oxygen atoms in total. The molecule has 0 aliphatic heterocycles. The number of aromatic nitrogens is 3. The van der Waals surface area contributed by atoms with Crippen molar-refractivity contribution in [3.05, 3.63) is 65.7 Å². The molecule has 0 spiro atoms. The molecule has 0 fully saturated rings. The van der Waals surface area contributed by atoms with E-state index in [4.69, 9.17) is 0 Å². The predicted molar refractivity (Wildman–Crippen MR) is 82.6 cm³/mol. The van der Waals surface area contributed by atoms with Gasteiger partial charge in [-0.25, -0.2) is 4.98 Å².